The Morgan fingerprint density at radius 1 is 1.06 bits per heavy atom. The van der Waals surface area contributed by atoms with Gasteiger partial charge < -0.3 is 10.4 Å². The van der Waals surface area contributed by atoms with E-state index in [1.165, 1.54) is 37.7 Å². The lowest BCUT2D eigenvalue weighted by molar-refractivity contribution is 0.0946. The highest BCUT2D eigenvalue weighted by atomic mass is 16.3. The van der Waals surface area contributed by atoms with Crippen LogP contribution in [0, 0.1) is 11.8 Å². The molecular formula is C16H23NO. The van der Waals surface area contributed by atoms with E-state index in [0.717, 1.165) is 30.8 Å². The number of phenolic OH excluding ortho intramolecular Hbond substituents is 1. The Balaban J connectivity index is 1.32. The molecule has 1 aromatic rings. The first kappa shape index (κ1) is 12.0. The van der Waals surface area contributed by atoms with Gasteiger partial charge in [0, 0.05) is 6.04 Å². The van der Waals surface area contributed by atoms with Crippen LogP contribution in [0.5, 0.6) is 5.75 Å². The zero-order chi connectivity index (χ0) is 12.4. The number of benzene rings is 1. The molecule has 2 heteroatoms. The van der Waals surface area contributed by atoms with E-state index in [9.17, 15) is 5.11 Å². The van der Waals surface area contributed by atoms with Gasteiger partial charge in [-0.15, -0.1) is 0 Å². The van der Waals surface area contributed by atoms with E-state index >= 15 is 0 Å². The predicted octanol–water partition coefficient (Wildman–Crippen LogP) is 3.10. The van der Waals surface area contributed by atoms with Gasteiger partial charge in [-0.1, -0.05) is 31.4 Å². The van der Waals surface area contributed by atoms with Crippen molar-refractivity contribution in [3.63, 3.8) is 0 Å². The summed E-state index contributed by atoms with van der Waals surface area (Å²) in [5.41, 5.74) is 1.30. The normalized spacial score (nSPS) is 27.6. The smallest absolute Gasteiger partial charge is 0.115 e. The van der Waals surface area contributed by atoms with Crippen LogP contribution >= 0.6 is 0 Å². The molecule has 3 rings (SSSR count). The molecule has 98 valence electrons. The summed E-state index contributed by atoms with van der Waals surface area (Å²) in [5.74, 6) is 2.46. The number of nitrogens with one attached hydrogen (secondary N) is 1. The van der Waals surface area contributed by atoms with Crippen molar-refractivity contribution in [1.29, 1.82) is 0 Å². The summed E-state index contributed by atoms with van der Waals surface area (Å²) in [6, 6.07) is 8.33. The lowest BCUT2D eigenvalue weighted by Crippen LogP contribution is -2.45. The third kappa shape index (κ3) is 2.69. The maximum absolute atomic E-state index is 9.21. The molecule has 0 atom stereocenters. The van der Waals surface area contributed by atoms with Gasteiger partial charge in [0.1, 0.15) is 5.75 Å². The van der Waals surface area contributed by atoms with Crippen LogP contribution < -0.4 is 5.32 Å². The number of phenols is 1. The second kappa shape index (κ2) is 5.31. The first-order valence-electron chi connectivity index (χ1n) is 7.32. The summed E-state index contributed by atoms with van der Waals surface area (Å²) in [6.45, 7) is 1.06. The molecule has 0 heterocycles. The zero-order valence-electron chi connectivity index (χ0n) is 10.9. The highest BCUT2D eigenvalue weighted by Crippen LogP contribution is 2.43. The fourth-order valence-corrected chi connectivity index (χ4v) is 3.21. The second-order valence-electron chi connectivity index (χ2n) is 5.99. The van der Waals surface area contributed by atoms with E-state index in [0.29, 0.717) is 5.75 Å². The molecule has 1 aromatic carbocycles. The Labute approximate surface area is 109 Å². The van der Waals surface area contributed by atoms with Crippen molar-refractivity contribution < 1.29 is 5.11 Å². The van der Waals surface area contributed by atoms with Gasteiger partial charge in [0.25, 0.3) is 0 Å². The second-order valence-corrected chi connectivity index (χ2v) is 5.99. The molecule has 2 fully saturated rings. The maximum atomic E-state index is 9.21. The van der Waals surface area contributed by atoms with Crippen LogP contribution in [0.25, 0.3) is 0 Å². The minimum atomic E-state index is 0.356. The van der Waals surface area contributed by atoms with Crippen molar-refractivity contribution in [2.75, 3.05) is 6.54 Å². The van der Waals surface area contributed by atoms with Crippen LogP contribution in [0.4, 0.5) is 0 Å². The fraction of sp³-hybridized carbons (Fsp3) is 0.625. The average Bonchev–Trinajstić information content (AvgIpc) is 2.25. The van der Waals surface area contributed by atoms with Gasteiger partial charge in [0.15, 0.2) is 0 Å². The number of rotatable bonds is 5. The summed E-state index contributed by atoms with van der Waals surface area (Å²) in [7, 11) is 0. The van der Waals surface area contributed by atoms with Crippen LogP contribution in [0.1, 0.15) is 37.7 Å². The number of hydrogen-bond acceptors (Lipinski definition) is 2. The molecule has 2 N–H and O–H groups in total. The van der Waals surface area contributed by atoms with E-state index in [2.05, 4.69) is 5.32 Å². The molecule has 2 nitrogen and oxygen atoms in total. The molecular weight excluding hydrogens is 222 g/mol. The SMILES string of the molecule is Oc1ccc(CCNC2CC(C3CCC3)C2)cc1. The van der Waals surface area contributed by atoms with Crippen LogP contribution in [0.2, 0.25) is 0 Å². The van der Waals surface area contributed by atoms with Crippen molar-refractivity contribution in [3.8, 4) is 5.75 Å². The van der Waals surface area contributed by atoms with Crippen LogP contribution in [0.15, 0.2) is 24.3 Å². The summed E-state index contributed by atoms with van der Waals surface area (Å²) in [5, 5.41) is 12.9. The van der Waals surface area contributed by atoms with E-state index in [1.54, 1.807) is 12.1 Å². The van der Waals surface area contributed by atoms with Crippen LogP contribution in [-0.2, 0) is 6.42 Å². The largest absolute Gasteiger partial charge is 0.508 e. The maximum Gasteiger partial charge on any atom is 0.115 e. The van der Waals surface area contributed by atoms with Crippen molar-refractivity contribution in [1.82, 2.24) is 5.32 Å². The first-order valence-corrected chi connectivity index (χ1v) is 7.32. The van der Waals surface area contributed by atoms with Crippen molar-refractivity contribution in [2.45, 2.75) is 44.6 Å². The Morgan fingerprint density at radius 3 is 2.39 bits per heavy atom. The minimum absolute atomic E-state index is 0.356. The summed E-state index contributed by atoms with van der Waals surface area (Å²) < 4.78 is 0. The average molecular weight is 245 g/mol. The Morgan fingerprint density at radius 2 is 1.78 bits per heavy atom. The van der Waals surface area contributed by atoms with Gasteiger partial charge in [-0.05, 0) is 55.3 Å². The molecule has 2 aliphatic carbocycles. The summed E-state index contributed by atoms with van der Waals surface area (Å²) in [6.07, 6.45) is 8.32. The number of aromatic hydroxyl groups is 1. The highest BCUT2D eigenvalue weighted by molar-refractivity contribution is 5.26. The van der Waals surface area contributed by atoms with Gasteiger partial charge in [0.2, 0.25) is 0 Å². The van der Waals surface area contributed by atoms with Gasteiger partial charge >= 0.3 is 0 Å². The molecule has 0 spiro atoms. The Kier molecular flexibility index (Phi) is 3.55. The molecule has 18 heavy (non-hydrogen) atoms. The standard InChI is InChI=1S/C16H23NO/c18-16-6-4-12(5-7-16)8-9-17-15-10-14(11-15)13-2-1-3-13/h4-7,13-15,17-18H,1-3,8-11H2. The Bertz CT molecular complexity index is 377. The van der Waals surface area contributed by atoms with Crippen molar-refractivity contribution in [2.24, 2.45) is 11.8 Å². The first-order chi connectivity index (χ1) is 8.81. The molecule has 0 aliphatic heterocycles. The van der Waals surface area contributed by atoms with Crippen LogP contribution in [0.3, 0.4) is 0 Å². The monoisotopic (exact) mass is 245 g/mol. The fourth-order valence-electron chi connectivity index (χ4n) is 3.21. The molecule has 2 aliphatic rings. The molecule has 0 radical (unpaired) electrons. The van der Waals surface area contributed by atoms with E-state index in [4.69, 9.17) is 0 Å². The summed E-state index contributed by atoms with van der Waals surface area (Å²) in [4.78, 5) is 0. The van der Waals surface area contributed by atoms with Crippen molar-refractivity contribution >= 4 is 0 Å². The van der Waals surface area contributed by atoms with Gasteiger partial charge in [-0.2, -0.15) is 0 Å². The van der Waals surface area contributed by atoms with E-state index < -0.39 is 0 Å². The molecule has 0 bridgehead atoms. The molecule has 0 unspecified atom stereocenters. The quantitative estimate of drug-likeness (QED) is 0.835. The van der Waals surface area contributed by atoms with Gasteiger partial charge in [0.05, 0.1) is 0 Å². The van der Waals surface area contributed by atoms with Crippen LogP contribution in [-0.4, -0.2) is 17.7 Å². The minimum Gasteiger partial charge on any atom is -0.508 e. The summed E-state index contributed by atoms with van der Waals surface area (Å²) >= 11 is 0. The highest BCUT2D eigenvalue weighted by Gasteiger charge is 2.36. The molecule has 2 saturated carbocycles. The topological polar surface area (TPSA) is 32.3 Å². The Hall–Kier alpha value is -1.02. The third-order valence-corrected chi connectivity index (χ3v) is 4.77. The molecule has 0 saturated heterocycles. The zero-order valence-corrected chi connectivity index (χ0v) is 10.9. The van der Waals surface area contributed by atoms with E-state index in [-0.39, 0.29) is 0 Å². The molecule has 0 aromatic heterocycles. The predicted molar refractivity (Wildman–Crippen MR) is 73.7 cm³/mol. The third-order valence-electron chi connectivity index (χ3n) is 4.77. The van der Waals surface area contributed by atoms with E-state index in [1.807, 2.05) is 12.1 Å². The lowest BCUT2D eigenvalue weighted by Gasteiger charge is -2.44. The lowest BCUT2D eigenvalue weighted by atomic mass is 9.65. The number of hydrogen-bond donors (Lipinski definition) is 2. The van der Waals surface area contributed by atoms with Crippen molar-refractivity contribution in [3.05, 3.63) is 29.8 Å². The molecule has 0 amide bonds. The van der Waals surface area contributed by atoms with Gasteiger partial charge in [-0.25, -0.2) is 0 Å². The van der Waals surface area contributed by atoms with Gasteiger partial charge in [-0.3, -0.25) is 0 Å².